The number of rotatable bonds is 13. The summed E-state index contributed by atoms with van der Waals surface area (Å²) in [6.07, 6.45) is -1.46. The summed E-state index contributed by atoms with van der Waals surface area (Å²) >= 11 is 0. The van der Waals surface area contributed by atoms with Crippen LogP contribution in [0.5, 0.6) is 0 Å². The van der Waals surface area contributed by atoms with Gasteiger partial charge in [-0.15, -0.1) is 0 Å². The summed E-state index contributed by atoms with van der Waals surface area (Å²) < 4.78 is 0. The molecule has 10 nitrogen and oxygen atoms in total. The Morgan fingerprint density at radius 1 is 0.889 bits per heavy atom. The van der Waals surface area contributed by atoms with Crippen molar-refractivity contribution in [2.75, 3.05) is 13.1 Å². The van der Waals surface area contributed by atoms with Crippen LogP contribution in [0.2, 0.25) is 0 Å². The minimum absolute atomic E-state index is 0.0824. The van der Waals surface area contributed by atoms with Gasteiger partial charge in [0.1, 0.15) is 6.04 Å². The zero-order valence-corrected chi connectivity index (χ0v) is 26.5. The fraction of sp³-hybridized carbons (Fsp3) is 0.429. The van der Waals surface area contributed by atoms with Crippen LogP contribution >= 0.6 is 0 Å². The summed E-state index contributed by atoms with van der Waals surface area (Å²) in [6, 6.07) is 22.3. The number of pyridine rings is 1. The van der Waals surface area contributed by atoms with Crippen molar-refractivity contribution in [1.82, 2.24) is 25.4 Å². The lowest BCUT2D eigenvalue weighted by molar-refractivity contribution is -0.130. The Kier molecular flexibility index (Phi) is 11.2. The molecule has 3 aromatic rings. The maximum atomic E-state index is 14.1. The number of carbonyl (C=O) groups excluding carboxylic acids is 2. The molecule has 0 aliphatic carbocycles. The zero-order valence-electron chi connectivity index (χ0n) is 26.5. The van der Waals surface area contributed by atoms with Crippen LogP contribution in [0, 0.1) is 12.3 Å². The standard InChI is InChI=1S/C35H45N5O5/c1-24-12-11-17-27(36-24)23-39-18-19-40(34(39)45)31(35(2,3)4)32(42)38-29(21-26-15-9-6-10-16-26)30(41)22-28(37-33(43)44)20-25-13-7-5-8-14-25/h5-17,28-31,37,41H,18-23H2,1-4H3,(H,38,42)(H,43,44)/t28-,29-,30-,31+/m0/s1. The lowest BCUT2D eigenvalue weighted by Gasteiger charge is -2.38. The molecule has 0 bridgehead atoms. The Labute approximate surface area is 265 Å². The van der Waals surface area contributed by atoms with Crippen LogP contribution in [0.1, 0.15) is 49.7 Å². The van der Waals surface area contributed by atoms with Crippen molar-refractivity contribution in [2.45, 2.75) is 77.7 Å². The van der Waals surface area contributed by atoms with Gasteiger partial charge in [-0.05, 0) is 54.9 Å². The topological polar surface area (TPSA) is 135 Å². The molecule has 4 N–H and O–H groups in total. The monoisotopic (exact) mass is 615 g/mol. The molecule has 0 unspecified atom stereocenters. The van der Waals surface area contributed by atoms with Gasteiger partial charge in [-0.1, -0.05) is 87.5 Å². The largest absolute Gasteiger partial charge is 0.465 e. The Hall–Kier alpha value is -4.44. The predicted molar refractivity (Wildman–Crippen MR) is 173 cm³/mol. The van der Waals surface area contributed by atoms with Crippen molar-refractivity contribution in [2.24, 2.45) is 5.41 Å². The number of aliphatic hydroxyl groups is 1. The molecule has 2 heterocycles. The van der Waals surface area contributed by atoms with Gasteiger partial charge in [0.15, 0.2) is 0 Å². The molecule has 10 heteroatoms. The molecule has 1 saturated heterocycles. The molecular formula is C35H45N5O5. The first-order valence-corrected chi connectivity index (χ1v) is 15.4. The fourth-order valence-corrected chi connectivity index (χ4v) is 6.01. The number of benzene rings is 2. The van der Waals surface area contributed by atoms with Gasteiger partial charge in [0.25, 0.3) is 0 Å². The first-order valence-electron chi connectivity index (χ1n) is 15.4. The predicted octanol–water partition coefficient (Wildman–Crippen LogP) is 4.40. The molecule has 240 valence electrons. The van der Waals surface area contributed by atoms with E-state index >= 15 is 0 Å². The summed E-state index contributed by atoms with van der Waals surface area (Å²) in [4.78, 5) is 47.3. The van der Waals surface area contributed by atoms with Crippen molar-refractivity contribution >= 4 is 18.0 Å². The first kappa shape index (κ1) is 33.5. The molecule has 4 rings (SSSR count). The third kappa shape index (κ3) is 9.52. The van der Waals surface area contributed by atoms with Gasteiger partial charge < -0.3 is 30.6 Å². The van der Waals surface area contributed by atoms with Gasteiger partial charge in [0.05, 0.1) is 24.4 Å². The summed E-state index contributed by atoms with van der Waals surface area (Å²) in [5.74, 6) is -0.364. The molecule has 1 aliphatic rings. The molecule has 0 saturated carbocycles. The second kappa shape index (κ2) is 15.0. The van der Waals surface area contributed by atoms with Gasteiger partial charge in [0, 0.05) is 24.8 Å². The number of carbonyl (C=O) groups is 3. The molecule has 0 radical (unpaired) electrons. The van der Waals surface area contributed by atoms with E-state index in [2.05, 4.69) is 15.6 Å². The number of urea groups is 1. The molecule has 4 atom stereocenters. The summed E-state index contributed by atoms with van der Waals surface area (Å²) in [7, 11) is 0. The molecule has 45 heavy (non-hydrogen) atoms. The molecule has 1 aliphatic heterocycles. The third-order valence-corrected chi connectivity index (χ3v) is 8.08. The highest BCUT2D eigenvalue weighted by Gasteiger charge is 2.44. The first-order chi connectivity index (χ1) is 21.4. The van der Waals surface area contributed by atoms with Gasteiger partial charge in [-0.25, -0.2) is 9.59 Å². The maximum Gasteiger partial charge on any atom is 0.404 e. The number of hydrogen-bond donors (Lipinski definition) is 4. The van der Waals surface area contributed by atoms with Gasteiger partial charge >= 0.3 is 12.1 Å². The number of nitrogens with one attached hydrogen (secondary N) is 2. The second-order valence-electron chi connectivity index (χ2n) is 12.9. The fourth-order valence-electron chi connectivity index (χ4n) is 6.01. The lowest BCUT2D eigenvalue weighted by atomic mass is 9.84. The summed E-state index contributed by atoms with van der Waals surface area (Å²) in [6.45, 7) is 8.87. The smallest absolute Gasteiger partial charge is 0.404 e. The highest BCUT2D eigenvalue weighted by Crippen LogP contribution is 2.29. The Bertz CT molecular complexity index is 1430. The minimum Gasteiger partial charge on any atom is -0.465 e. The van der Waals surface area contributed by atoms with Crippen molar-refractivity contribution in [3.63, 3.8) is 0 Å². The zero-order chi connectivity index (χ0) is 32.6. The average molecular weight is 616 g/mol. The van der Waals surface area contributed by atoms with Crippen LogP contribution in [0.4, 0.5) is 9.59 Å². The number of hydrogen-bond acceptors (Lipinski definition) is 5. The van der Waals surface area contributed by atoms with E-state index in [4.69, 9.17) is 0 Å². The quantitative estimate of drug-likeness (QED) is 0.225. The van der Waals surface area contributed by atoms with Gasteiger partial charge in [-0.3, -0.25) is 9.78 Å². The lowest BCUT2D eigenvalue weighted by Crippen LogP contribution is -2.58. The summed E-state index contributed by atoms with van der Waals surface area (Å²) in [5, 5.41) is 26.7. The van der Waals surface area contributed by atoms with E-state index in [9.17, 15) is 24.6 Å². The Balaban J connectivity index is 1.54. The van der Waals surface area contributed by atoms with E-state index in [0.717, 1.165) is 22.5 Å². The number of aryl methyl sites for hydroxylation is 1. The highest BCUT2D eigenvalue weighted by molar-refractivity contribution is 5.89. The molecule has 1 fully saturated rings. The van der Waals surface area contributed by atoms with Crippen molar-refractivity contribution < 1.29 is 24.6 Å². The minimum atomic E-state index is -1.18. The van der Waals surface area contributed by atoms with Crippen LogP contribution in [-0.4, -0.2) is 80.3 Å². The Morgan fingerprint density at radius 2 is 1.51 bits per heavy atom. The number of nitrogens with zero attached hydrogens (tertiary/aromatic N) is 3. The van der Waals surface area contributed by atoms with E-state index in [1.54, 1.807) is 9.80 Å². The van der Waals surface area contributed by atoms with Crippen LogP contribution in [0.25, 0.3) is 0 Å². The van der Waals surface area contributed by atoms with Crippen molar-refractivity contribution in [3.8, 4) is 0 Å². The highest BCUT2D eigenvalue weighted by atomic mass is 16.4. The molecule has 4 amide bonds. The van der Waals surface area contributed by atoms with Crippen molar-refractivity contribution in [3.05, 3.63) is 101 Å². The maximum absolute atomic E-state index is 14.1. The molecule has 1 aromatic heterocycles. The SMILES string of the molecule is Cc1cccc(CN2CCN([C@H](C(=O)N[C@@H](Cc3ccccc3)[C@@H](O)C[C@H](Cc3ccccc3)NC(=O)O)C(C)(C)C)C2=O)n1. The van der Waals surface area contributed by atoms with E-state index in [-0.39, 0.29) is 18.4 Å². The number of aliphatic hydroxyl groups excluding tert-OH is 1. The molecule has 0 spiro atoms. The van der Waals surface area contributed by atoms with E-state index in [0.29, 0.717) is 32.5 Å². The molecular weight excluding hydrogens is 570 g/mol. The van der Waals surface area contributed by atoms with E-state index < -0.39 is 35.7 Å². The van der Waals surface area contributed by atoms with Crippen LogP contribution in [-0.2, 0) is 24.2 Å². The second-order valence-corrected chi connectivity index (χ2v) is 12.9. The van der Waals surface area contributed by atoms with Crippen LogP contribution in [0.3, 0.4) is 0 Å². The van der Waals surface area contributed by atoms with Gasteiger partial charge in [-0.2, -0.15) is 0 Å². The molecule has 2 aromatic carbocycles. The number of aromatic nitrogens is 1. The third-order valence-electron chi connectivity index (χ3n) is 8.08. The van der Waals surface area contributed by atoms with Crippen molar-refractivity contribution in [1.29, 1.82) is 0 Å². The average Bonchev–Trinajstić information content (AvgIpc) is 3.31. The normalized spacial score (nSPS) is 16.2. The number of amides is 4. The van der Waals surface area contributed by atoms with Crippen LogP contribution in [0.15, 0.2) is 78.9 Å². The van der Waals surface area contributed by atoms with E-state index in [1.807, 2.05) is 107 Å². The summed E-state index contributed by atoms with van der Waals surface area (Å²) in [5.41, 5.74) is 2.88. The van der Waals surface area contributed by atoms with E-state index in [1.165, 1.54) is 0 Å². The van der Waals surface area contributed by atoms with Gasteiger partial charge in [0.2, 0.25) is 5.91 Å². The Morgan fingerprint density at radius 3 is 2.09 bits per heavy atom. The number of carboxylic acid groups (broad SMARTS) is 1. The van der Waals surface area contributed by atoms with Crippen LogP contribution < -0.4 is 10.6 Å².